The zero-order chi connectivity index (χ0) is 16.7. The van der Waals surface area contributed by atoms with Gasteiger partial charge in [0.15, 0.2) is 34.6 Å². The molecular weight excluding hydrogens is 314 g/mol. The Morgan fingerprint density at radius 2 is 1.74 bits per heavy atom. The van der Waals surface area contributed by atoms with Gasteiger partial charge >= 0.3 is 0 Å². The average molecular weight is 323 g/mol. The fraction of sp³-hybridized carbons (Fsp3) is 0.0625. The molecule has 0 aliphatic rings. The summed E-state index contributed by atoms with van der Waals surface area (Å²) >= 11 is 0. The third-order valence-electron chi connectivity index (χ3n) is 3.41. The molecule has 23 heavy (non-hydrogen) atoms. The number of amides is 1. The molecule has 0 bridgehead atoms. The van der Waals surface area contributed by atoms with E-state index < -0.39 is 34.9 Å². The lowest BCUT2D eigenvalue weighted by Gasteiger charge is -2.06. The van der Waals surface area contributed by atoms with Crippen molar-refractivity contribution in [2.24, 2.45) is 0 Å². The number of aryl methyl sites for hydroxylation is 1. The molecule has 0 saturated heterocycles. The van der Waals surface area contributed by atoms with Crippen molar-refractivity contribution >= 4 is 22.6 Å². The van der Waals surface area contributed by atoms with Gasteiger partial charge in [-0.3, -0.25) is 4.79 Å². The smallest absolute Gasteiger partial charge is 0.291 e. The van der Waals surface area contributed by atoms with Crippen molar-refractivity contribution in [3.63, 3.8) is 0 Å². The van der Waals surface area contributed by atoms with Gasteiger partial charge in [-0.15, -0.1) is 0 Å². The van der Waals surface area contributed by atoms with Crippen LogP contribution in [0.5, 0.6) is 0 Å². The third-order valence-corrected chi connectivity index (χ3v) is 3.41. The Morgan fingerprint density at radius 3 is 2.43 bits per heavy atom. The number of carbonyl (C=O) groups excluding carboxylic acids is 1. The first-order valence-electron chi connectivity index (χ1n) is 6.52. The summed E-state index contributed by atoms with van der Waals surface area (Å²) in [6, 6.07) is 5.74. The van der Waals surface area contributed by atoms with E-state index in [0.29, 0.717) is 17.0 Å². The van der Waals surface area contributed by atoms with Gasteiger partial charge in [-0.2, -0.15) is 0 Å². The molecule has 0 aliphatic carbocycles. The number of rotatable bonds is 2. The maximum absolute atomic E-state index is 13.7. The summed E-state index contributed by atoms with van der Waals surface area (Å²) in [5.41, 5.74) is -0.310. The van der Waals surface area contributed by atoms with Crippen LogP contribution >= 0.6 is 0 Å². The van der Waals surface area contributed by atoms with Gasteiger partial charge in [0.2, 0.25) is 0 Å². The van der Waals surface area contributed by atoms with Crippen LogP contribution < -0.4 is 5.32 Å². The Kier molecular flexibility index (Phi) is 3.55. The van der Waals surface area contributed by atoms with Crippen LogP contribution in [0.25, 0.3) is 11.0 Å². The van der Waals surface area contributed by atoms with Crippen molar-refractivity contribution in [2.45, 2.75) is 6.92 Å². The molecule has 0 fully saturated rings. The summed E-state index contributed by atoms with van der Waals surface area (Å²) < 4.78 is 58.5. The standard InChI is InChI=1S/C16H9F4NO2/c1-7-8-3-2-4-10(18)15(8)23-14(7)16(22)21-11-6-5-9(17)12(19)13(11)20/h2-6H,1H3,(H,21,22). The topological polar surface area (TPSA) is 42.2 Å². The molecule has 7 heteroatoms. The van der Waals surface area contributed by atoms with Gasteiger partial charge in [0.25, 0.3) is 5.91 Å². The second-order valence-corrected chi connectivity index (χ2v) is 4.85. The van der Waals surface area contributed by atoms with Crippen LogP contribution in [-0.4, -0.2) is 5.91 Å². The second-order valence-electron chi connectivity index (χ2n) is 4.85. The van der Waals surface area contributed by atoms with Crippen LogP contribution in [0.2, 0.25) is 0 Å². The molecule has 0 radical (unpaired) electrons. The summed E-state index contributed by atoms with van der Waals surface area (Å²) in [7, 11) is 0. The van der Waals surface area contributed by atoms with E-state index in [1.54, 1.807) is 6.07 Å². The molecule has 3 aromatic rings. The van der Waals surface area contributed by atoms with E-state index in [2.05, 4.69) is 5.32 Å². The minimum absolute atomic E-state index is 0.110. The lowest BCUT2D eigenvalue weighted by atomic mass is 10.1. The van der Waals surface area contributed by atoms with Crippen molar-refractivity contribution in [1.29, 1.82) is 0 Å². The summed E-state index contributed by atoms with van der Waals surface area (Å²) in [6.45, 7) is 1.53. The Bertz CT molecular complexity index is 933. The number of fused-ring (bicyclic) bond motifs is 1. The minimum Gasteiger partial charge on any atom is -0.448 e. The van der Waals surface area contributed by atoms with Gasteiger partial charge in [0.1, 0.15) is 0 Å². The number of para-hydroxylation sites is 1. The van der Waals surface area contributed by atoms with Crippen molar-refractivity contribution in [2.75, 3.05) is 5.32 Å². The predicted molar refractivity (Wildman–Crippen MR) is 75.2 cm³/mol. The van der Waals surface area contributed by atoms with E-state index in [1.807, 2.05) is 0 Å². The molecular formula is C16H9F4NO2. The van der Waals surface area contributed by atoms with Gasteiger partial charge < -0.3 is 9.73 Å². The molecule has 0 saturated carbocycles. The monoisotopic (exact) mass is 323 g/mol. The molecule has 118 valence electrons. The highest BCUT2D eigenvalue weighted by Crippen LogP contribution is 2.28. The highest BCUT2D eigenvalue weighted by atomic mass is 19.2. The van der Waals surface area contributed by atoms with Crippen LogP contribution in [0, 0.1) is 30.2 Å². The van der Waals surface area contributed by atoms with Crippen LogP contribution in [0.1, 0.15) is 16.1 Å². The van der Waals surface area contributed by atoms with Crippen molar-refractivity contribution < 1.29 is 26.8 Å². The molecule has 0 aliphatic heterocycles. The highest BCUT2D eigenvalue weighted by Gasteiger charge is 2.22. The molecule has 1 amide bonds. The molecule has 1 aromatic heterocycles. The zero-order valence-corrected chi connectivity index (χ0v) is 11.7. The molecule has 0 unspecified atom stereocenters. The molecule has 3 nitrogen and oxygen atoms in total. The Balaban J connectivity index is 2.00. The number of benzene rings is 2. The van der Waals surface area contributed by atoms with Crippen molar-refractivity contribution in [1.82, 2.24) is 0 Å². The Labute approximate surface area is 127 Å². The van der Waals surface area contributed by atoms with Gasteiger partial charge in [0, 0.05) is 10.9 Å². The quantitative estimate of drug-likeness (QED) is 0.555. The molecule has 3 rings (SSSR count). The fourth-order valence-corrected chi connectivity index (χ4v) is 2.23. The predicted octanol–water partition coefficient (Wildman–Crippen LogP) is 4.55. The van der Waals surface area contributed by atoms with Crippen LogP contribution in [0.4, 0.5) is 23.2 Å². The largest absolute Gasteiger partial charge is 0.448 e. The minimum atomic E-state index is -1.70. The van der Waals surface area contributed by atoms with Crippen LogP contribution in [-0.2, 0) is 0 Å². The van der Waals surface area contributed by atoms with Gasteiger partial charge in [-0.05, 0) is 25.1 Å². The summed E-state index contributed by atoms with van der Waals surface area (Å²) in [6.07, 6.45) is 0. The maximum atomic E-state index is 13.7. The number of nitrogens with one attached hydrogen (secondary N) is 1. The SMILES string of the molecule is Cc1c(C(=O)Nc2ccc(F)c(F)c2F)oc2c(F)cccc12. The normalized spacial score (nSPS) is 11.0. The maximum Gasteiger partial charge on any atom is 0.291 e. The molecule has 0 spiro atoms. The highest BCUT2D eigenvalue weighted by molar-refractivity contribution is 6.06. The molecule has 1 heterocycles. The van der Waals surface area contributed by atoms with E-state index in [4.69, 9.17) is 4.42 Å². The van der Waals surface area contributed by atoms with Gasteiger partial charge in [0.05, 0.1) is 5.69 Å². The molecule has 2 aromatic carbocycles. The fourth-order valence-electron chi connectivity index (χ4n) is 2.23. The lowest BCUT2D eigenvalue weighted by Crippen LogP contribution is -2.14. The first-order valence-corrected chi connectivity index (χ1v) is 6.52. The van der Waals surface area contributed by atoms with Crippen LogP contribution in [0.3, 0.4) is 0 Å². The van der Waals surface area contributed by atoms with Gasteiger partial charge in [-0.1, -0.05) is 12.1 Å². The first kappa shape index (κ1) is 15.1. The second kappa shape index (κ2) is 5.42. The van der Waals surface area contributed by atoms with Crippen molar-refractivity contribution in [3.05, 3.63) is 64.9 Å². The van der Waals surface area contributed by atoms with Crippen molar-refractivity contribution in [3.8, 4) is 0 Å². The van der Waals surface area contributed by atoms with Crippen LogP contribution in [0.15, 0.2) is 34.7 Å². The first-order chi connectivity index (χ1) is 10.9. The number of halogens is 4. The number of hydrogen-bond acceptors (Lipinski definition) is 2. The average Bonchev–Trinajstić information content (AvgIpc) is 2.87. The zero-order valence-electron chi connectivity index (χ0n) is 11.7. The lowest BCUT2D eigenvalue weighted by molar-refractivity contribution is 0.0997. The Morgan fingerprint density at radius 1 is 1.00 bits per heavy atom. The van der Waals surface area contributed by atoms with E-state index >= 15 is 0 Å². The summed E-state index contributed by atoms with van der Waals surface area (Å²) in [5, 5.41) is 2.47. The number of furan rings is 1. The molecule has 0 atom stereocenters. The van der Waals surface area contributed by atoms with E-state index in [1.165, 1.54) is 19.1 Å². The molecule has 1 N–H and O–H groups in total. The van der Waals surface area contributed by atoms with E-state index in [9.17, 15) is 22.4 Å². The summed E-state index contributed by atoms with van der Waals surface area (Å²) in [4.78, 5) is 12.2. The van der Waals surface area contributed by atoms with Gasteiger partial charge in [-0.25, -0.2) is 17.6 Å². The Hall–Kier alpha value is -2.83. The van der Waals surface area contributed by atoms with E-state index in [0.717, 1.165) is 6.07 Å². The number of anilines is 1. The van der Waals surface area contributed by atoms with E-state index in [-0.39, 0.29) is 11.3 Å². The number of hydrogen-bond donors (Lipinski definition) is 1. The number of carbonyl (C=O) groups is 1. The third kappa shape index (κ3) is 2.44. The summed E-state index contributed by atoms with van der Waals surface area (Å²) in [5.74, 6) is -6.39.